The van der Waals surface area contributed by atoms with Crippen molar-refractivity contribution in [2.24, 2.45) is 0 Å². The molecule has 0 N–H and O–H groups in total. The zero-order valence-electron chi connectivity index (χ0n) is 8.75. The summed E-state index contributed by atoms with van der Waals surface area (Å²) in [5, 5.41) is 0. The van der Waals surface area contributed by atoms with Gasteiger partial charge in [0.05, 0.1) is 17.7 Å². The maximum atomic E-state index is 12.3. The highest BCUT2D eigenvalue weighted by Gasteiger charge is 2.02. The molecule has 15 heavy (non-hydrogen) atoms. The molecule has 84 valence electrons. The largest absolute Gasteiger partial charge is 0.379 e. The van der Waals surface area contributed by atoms with Crippen LogP contribution in [0.25, 0.3) is 0 Å². The molecule has 1 aliphatic rings. The van der Waals surface area contributed by atoms with E-state index in [9.17, 15) is 4.39 Å². The highest BCUT2D eigenvalue weighted by molar-refractivity contribution is 9.10. The van der Waals surface area contributed by atoms with Crippen LogP contribution in [-0.2, 0) is 4.74 Å². The maximum absolute atomic E-state index is 12.3. The highest BCUT2D eigenvalue weighted by atomic mass is 79.9. The average molecular weight is 276 g/mol. The Morgan fingerprint density at radius 2 is 1.87 bits per heavy atom. The predicted octanol–water partition coefficient (Wildman–Crippen LogP) is 2.54. The van der Waals surface area contributed by atoms with E-state index in [0.29, 0.717) is 4.47 Å². The zero-order valence-corrected chi connectivity index (χ0v) is 10.3. The van der Waals surface area contributed by atoms with Gasteiger partial charge in [0, 0.05) is 13.1 Å². The van der Waals surface area contributed by atoms with Crippen LogP contribution in [0.5, 0.6) is 0 Å². The van der Waals surface area contributed by atoms with Gasteiger partial charge in [-0.25, -0.2) is 4.39 Å². The Balaban J connectivity index is 0.000000151. The van der Waals surface area contributed by atoms with Gasteiger partial charge in [-0.2, -0.15) is 0 Å². The third kappa shape index (κ3) is 5.25. The van der Waals surface area contributed by atoms with Crippen molar-refractivity contribution >= 4 is 15.9 Å². The smallest absolute Gasteiger partial charge is 0.137 e. The Hall–Kier alpha value is -0.450. The molecule has 0 saturated carbocycles. The maximum Gasteiger partial charge on any atom is 0.137 e. The summed E-state index contributed by atoms with van der Waals surface area (Å²) in [4.78, 5) is 2.27. The van der Waals surface area contributed by atoms with E-state index >= 15 is 0 Å². The number of halogens is 2. The Bertz CT molecular complexity index is 269. The Kier molecular flexibility index (Phi) is 5.83. The average Bonchev–Trinajstić information content (AvgIpc) is 2.25. The van der Waals surface area contributed by atoms with Crippen molar-refractivity contribution in [3.05, 3.63) is 34.6 Å². The van der Waals surface area contributed by atoms with Gasteiger partial charge in [0.15, 0.2) is 0 Å². The fraction of sp³-hybridized carbons (Fsp3) is 0.455. The molecule has 1 aromatic carbocycles. The summed E-state index contributed by atoms with van der Waals surface area (Å²) in [6.45, 7) is 4.02. The molecule has 1 fully saturated rings. The van der Waals surface area contributed by atoms with Gasteiger partial charge in [0.1, 0.15) is 5.82 Å². The van der Waals surface area contributed by atoms with E-state index in [1.54, 1.807) is 18.2 Å². The molecule has 1 aromatic rings. The fourth-order valence-corrected chi connectivity index (χ4v) is 1.38. The van der Waals surface area contributed by atoms with Crippen LogP contribution >= 0.6 is 15.9 Å². The minimum atomic E-state index is -0.215. The molecule has 1 aliphatic heterocycles. The van der Waals surface area contributed by atoms with Crippen molar-refractivity contribution in [2.45, 2.75) is 0 Å². The summed E-state index contributed by atoms with van der Waals surface area (Å²) in [5.41, 5.74) is 0. The molecular weight excluding hydrogens is 261 g/mol. The highest BCUT2D eigenvalue weighted by Crippen LogP contribution is 2.12. The molecule has 0 amide bonds. The molecule has 0 spiro atoms. The van der Waals surface area contributed by atoms with Gasteiger partial charge >= 0.3 is 0 Å². The first-order chi connectivity index (χ1) is 7.20. The molecule has 1 saturated heterocycles. The van der Waals surface area contributed by atoms with Gasteiger partial charge in [0.2, 0.25) is 0 Å². The first kappa shape index (κ1) is 12.6. The lowest BCUT2D eigenvalue weighted by Crippen LogP contribution is -2.32. The third-order valence-electron chi connectivity index (χ3n) is 2.06. The summed E-state index contributed by atoms with van der Waals surface area (Å²) in [6.07, 6.45) is 0. The number of hydrogen-bond acceptors (Lipinski definition) is 2. The number of morpholine rings is 1. The van der Waals surface area contributed by atoms with Gasteiger partial charge < -0.3 is 9.64 Å². The topological polar surface area (TPSA) is 12.5 Å². The summed E-state index contributed by atoms with van der Waals surface area (Å²) in [5.74, 6) is -0.215. The van der Waals surface area contributed by atoms with E-state index < -0.39 is 0 Å². The first-order valence-electron chi connectivity index (χ1n) is 4.86. The number of likely N-dealkylation sites (N-methyl/N-ethyl adjacent to an activating group) is 1. The van der Waals surface area contributed by atoms with Crippen LogP contribution in [0.3, 0.4) is 0 Å². The molecule has 0 aromatic heterocycles. The second-order valence-corrected chi connectivity index (χ2v) is 4.18. The summed E-state index contributed by atoms with van der Waals surface area (Å²) >= 11 is 3.02. The molecular formula is C11H15BrFNO. The van der Waals surface area contributed by atoms with E-state index in [4.69, 9.17) is 4.74 Å². The van der Waals surface area contributed by atoms with Crippen molar-refractivity contribution in [1.82, 2.24) is 4.90 Å². The molecule has 2 nitrogen and oxygen atoms in total. The number of rotatable bonds is 0. The van der Waals surface area contributed by atoms with Crippen molar-refractivity contribution in [3.8, 4) is 0 Å². The van der Waals surface area contributed by atoms with Crippen molar-refractivity contribution < 1.29 is 9.13 Å². The molecule has 2 rings (SSSR count). The molecule has 0 atom stereocenters. The van der Waals surface area contributed by atoms with Crippen LogP contribution in [0.15, 0.2) is 28.7 Å². The predicted molar refractivity (Wildman–Crippen MR) is 62.4 cm³/mol. The van der Waals surface area contributed by atoms with Crippen LogP contribution in [0.1, 0.15) is 0 Å². The van der Waals surface area contributed by atoms with Crippen molar-refractivity contribution in [1.29, 1.82) is 0 Å². The minimum Gasteiger partial charge on any atom is -0.379 e. The van der Waals surface area contributed by atoms with Crippen LogP contribution in [0.2, 0.25) is 0 Å². The third-order valence-corrected chi connectivity index (χ3v) is 2.70. The minimum absolute atomic E-state index is 0.215. The van der Waals surface area contributed by atoms with Crippen LogP contribution in [0, 0.1) is 5.82 Å². The Morgan fingerprint density at radius 3 is 2.20 bits per heavy atom. The molecule has 0 aliphatic carbocycles. The fourth-order valence-electron chi connectivity index (χ4n) is 1.09. The molecule has 0 unspecified atom stereocenters. The second kappa shape index (κ2) is 6.93. The van der Waals surface area contributed by atoms with Crippen LogP contribution in [0.4, 0.5) is 4.39 Å². The molecule has 0 radical (unpaired) electrons. The summed E-state index contributed by atoms with van der Waals surface area (Å²) in [7, 11) is 2.11. The first-order valence-corrected chi connectivity index (χ1v) is 5.66. The number of benzene rings is 1. The normalized spacial score (nSPS) is 16.7. The van der Waals surface area contributed by atoms with Crippen LogP contribution in [-0.4, -0.2) is 38.3 Å². The van der Waals surface area contributed by atoms with Gasteiger partial charge in [-0.15, -0.1) is 0 Å². The van der Waals surface area contributed by atoms with E-state index in [1.807, 2.05) is 0 Å². The lowest BCUT2D eigenvalue weighted by Gasteiger charge is -2.21. The van der Waals surface area contributed by atoms with Crippen molar-refractivity contribution in [2.75, 3.05) is 33.4 Å². The molecule has 4 heteroatoms. The summed E-state index contributed by atoms with van der Waals surface area (Å²) < 4.78 is 17.9. The monoisotopic (exact) mass is 275 g/mol. The van der Waals surface area contributed by atoms with Crippen molar-refractivity contribution in [3.63, 3.8) is 0 Å². The van der Waals surface area contributed by atoms with E-state index in [2.05, 4.69) is 27.9 Å². The van der Waals surface area contributed by atoms with Gasteiger partial charge in [-0.3, -0.25) is 0 Å². The Morgan fingerprint density at radius 1 is 1.27 bits per heavy atom. The second-order valence-electron chi connectivity index (χ2n) is 3.33. The molecule has 0 bridgehead atoms. The lowest BCUT2D eigenvalue weighted by atomic mass is 10.4. The van der Waals surface area contributed by atoms with E-state index in [-0.39, 0.29) is 5.82 Å². The number of ether oxygens (including phenoxy) is 1. The zero-order chi connectivity index (χ0) is 11.1. The standard InChI is InChI=1S/C6H4BrF.C5H11NO/c7-5-3-1-2-4-6(5)8;1-6-2-4-7-5-3-6/h1-4H;2-5H2,1H3. The SMILES string of the molecule is CN1CCOCC1.Fc1ccccc1Br. The van der Waals surface area contributed by atoms with E-state index in [0.717, 1.165) is 26.3 Å². The Labute approximate surface area is 98.2 Å². The number of nitrogens with zero attached hydrogens (tertiary/aromatic N) is 1. The summed E-state index contributed by atoms with van der Waals surface area (Å²) in [6, 6.07) is 6.49. The molecule has 1 heterocycles. The van der Waals surface area contributed by atoms with Gasteiger partial charge in [-0.05, 0) is 35.1 Å². The van der Waals surface area contributed by atoms with E-state index in [1.165, 1.54) is 6.07 Å². The quantitative estimate of drug-likeness (QED) is 0.722. The van der Waals surface area contributed by atoms with Gasteiger partial charge in [-0.1, -0.05) is 12.1 Å². The lowest BCUT2D eigenvalue weighted by molar-refractivity contribution is 0.0503. The van der Waals surface area contributed by atoms with Crippen LogP contribution < -0.4 is 0 Å². The van der Waals surface area contributed by atoms with Gasteiger partial charge in [0.25, 0.3) is 0 Å². The number of hydrogen-bond donors (Lipinski definition) is 0.